The van der Waals surface area contributed by atoms with Gasteiger partial charge in [-0.15, -0.1) is 0 Å². The molecule has 0 atom stereocenters. The number of rotatable bonds is 3. The number of nitrogens with zero attached hydrogens (tertiary/aromatic N) is 3. The number of pyridine rings is 1. The molecule has 0 spiro atoms. The zero-order valence-corrected chi connectivity index (χ0v) is 10.3. The third-order valence-corrected chi connectivity index (χ3v) is 2.90. The van der Waals surface area contributed by atoms with Crippen molar-refractivity contribution < 1.29 is 14.3 Å². The van der Waals surface area contributed by atoms with Crippen LogP contribution >= 0.6 is 0 Å². The second-order valence-electron chi connectivity index (χ2n) is 4.27. The van der Waals surface area contributed by atoms with E-state index in [1.165, 1.54) is 12.1 Å². The fraction of sp³-hybridized carbons (Fsp3) is 0.0714. The second-order valence-corrected chi connectivity index (χ2v) is 4.27. The number of aromatic nitrogens is 3. The van der Waals surface area contributed by atoms with Crippen LogP contribution in [0.5, 0.6) is 0 Å². The minimum atomic E-state index is -0.975. The Labute approximate surface area is 113 Å². The number of hydrogen-bond acceptors (Lipinski definition) is 3. The fourth-order valence-electron chi connectivity index (χ4n) is 2.07. The first-order valence-electron chi connectivity index (χ1n) is 5.94. The van der Waals surface area contributed by atoms with Crippen LogP contribution in [0.2, 0.25) is 0 Å². The summed E-state index contributed by atoms with van der Waals surface area (Å²) in [5.41, 5.74) is 1.81. The summed E-state index contributed by atoms with van der Waals surface area (Å²) in [6.45, 7) is -0.227. The normalized spacial score (nSPS) is 10.8. The molecule has 20 heavy (non-hydrogen) atoms. The number of halogens is 1. The molecule has 1 N–H and O–H groups in total. The fourth-order valence-corrected chi connectivity index (χ4v) is 2.07. The van der Waals surface area contributed by atoms with Crippen LogP contribution in [-0.2, 0) is 11.3 Å². The predicted molar refractivity (Wildman–Crippen MR) is 70.6 cm³/mol. The lowest BCUT2D eigenvalue weighted by atomic mass is 10.3. The van der Waals surface area contributed by atoms with E-state index in [0.717, 1.165) is 6.20 Å². The highest BCUT2D eigenvalue weighted by molar-refractivity contribution is 5.82. The van der Waals surface area contributed by atoms with Crippen LogP contribution in [0.15, 0.2) is 42.6 Å². The minimum Gasteiger partial charge on any atom is -0.480 e. The summed E-state index contributed by atoms with van der Waals surface area (Å²) < 4.78 is 14.5. The van der Waals surface area contributed by atoms with Gasteiger partial charge in [0, 0.05) is 0 Å². The summed E-state index contributed by atoms with van der Waals surface area (Å²) in [6.07, 6.45) is 1.08. The molecule has 6 heteroatoms. The van der Waals surface area contributed by atoms with Crippen molar-refractivity contribution in [2.75, 3.05) is 0 Å². The van der Waals surface area contributed by atoms with Crippen LogP contribution in [0.1, 0.15) is 0 Å². The average molecular weight is 271 g/mol. The molecule has 0 amide bonds. The van der Waals surface area contributed by atoms with E-state index in [1.807, 2.05) is 12.1 Å². The van der Waals surface area contributed by atoms with E-state index in [1.54, 1.807) is 16.7 Å². The van der Waals surface area contributed by atoms with Crippen molar-refractivity contribution in [1.29, 1.82) is 0 Å². The number of hydrogen-bond donors (Lipinski definition) is 1. The van der Waals surface area contributed by atoms with Crippen LogP contribution in [0.4, 0.5) is 4.39 Å². The first kappa shape index (κ1) is 12.3. The van der Waals surface area contributed by atoms with Crippen molar-refractivity contribution in [3.8, 4) is 11.5 Å². The van der Waals surface area contributed by atoms with E-state index in [-0.39, 0.29) is 6.54 Å². The zero-order valence-electron chi connectivity index (χ0n) is 10.3. The summed E-state index contributed by atoms with van der Waals surface area (Å²) in [7, 11) is 0. The van der Waals surface area contributed by atoms with E-state index < -0.39 is 11.8 Å². The summed E-state index contributed by atoms with van der Waals surface area (Å²) >= 11 is 0. The zero-order chi connectivity index (χ0) is 14.1. The molecule has 0 radical (unpaired) electrons. The third kappa shape index (κ3) is 2.11. The van der Waals surface area contributed by atoms with Gasteiger partial charge in [-0.1, -0.05) is 12.1 Å². The van der Waals surface area contributed by atoms with Gasteiger partial charge in [0.25, 0.3) is 0 Å². The van der Waals surface area contributed by atoms with E-state index in [2.05, 4.69) is 9.97 Å². The van der Waals surface area contributed by atoms with Crippen molar-refractivity contribution in [3.05, 3.63) is 48.4 Å². The van der Waals surface area contributed by atoms with Crippen molar-refractivity contribution >= 4 is 17.0 Å². The molecule has 0 bridgehead atoms. The van der Waals surface area contributed by atoms with Gasteiger partial charge < -0.3 is 9.67 Å². The van der Waals surface area contributed by atoms with Crippen LogP contribution in [0, 0.1) is 5.82 Å². The van der Waals surface area contributed by atoms with Crippen LogP contribution in [0.3, 0.4) is 0 Å². The number of carboxylic acid groups (broad SMARTS) is 1. The number of carbonyl (C=O) groups is 1. The molecule has 0 unspecified atom stereocenters. The maximum absolute atomic E-state index is 12.9. The molecule has 0 aliphatic heterocycles. The Kier molecular flexibility index (Phi) is 2.90. The Hall–Kier alpha value is -2.76. The molecule has 0 saturated carbocycles. The van der Waals surface area contributed by atoms with Crippen molar-refractivity contribution in [1.82, 2.24) is 14.5 Å². The lowest BCUT2D eigenvalue weighted by Crippen LogP contribution is -2.10. The van der Waals surface area contributed by atoms with E-state index >= 15 is 0 Å². The molecule has 0 aliphatic rings. The van der Waals surface area contributed by atoms with Gasteiger partial charge in [-0.05, 0) is 24.3 Å². The number of para-hydroxylation sites is 2. The topological polar surface area (TPSA) is 68.0 Å². The lowest BCUT2D eigenvalue weighted by Gasteiger charge is -2.05. The molecule has 2 heterocycles. The molecule has 2 aromatic heterocycles. The standard InChI is InChI=1S/C14H10FN3O2/c15-9-5-6-11(16-7-9)14-17-10-3-1-2-4-12(10)18(14)8-13(19)20/h1-7H,8H2,(H,19,20). The number of carboxylic acids is 1. The molecule has 0 aliphatic carbocycles. The summed E-state index contributed by atoms with van der Waals surface area (Å²) in [6, 6.07) is 9.97. The van der Waals surface area contributed by atoms with E-state index in [0.29, 0.717) is 22.6 Å². The SMILES string of the molecule is O=C(O)Cn1c(-c2ccc(F)cn2)nc2ccccc21. The van der Waals surface area contributed by atoms with Gasteiger partial charge in [0.05, 0.1) is 17.2 Å². The van der Waals surface area contributed by atoms with E-state index in [4.69, 9.17) is 5.11 Å². The summed E-state index contributed by atoms with van der Waals surface area (Å²) in [4.78, 5) is 19.4. The highest BCUT2D eigenvalue weighted by Gasteiger charge is 2.15. The first-order chi connectivity index (χ1) is 9.65. The van der Waals surface area contributed by atoms with Gasteiger partial charge in [-0.3, -0.25) is 4.79 Å². The molecular formula is C14H10FN3O2. The van der Waals surface area contributed by atoms with Gasteiger partial charge in [0.2, 0.25) is 0 Å². The molecule has 100 valence electrons. The Morgan fingerprint density at radius 2 is 2.05 bits per heavy atom. The molecule has 1 aromatic carbocycles. The quantitative estimate of drug-likeness (QED) is 0.793. The first-order valence-corrected chi connectivity index (χ1v) is 5.94. The number of fused-ring (bicyclic) bond motifs is 1. The van der Waals surface area contributed by atoms with Crippen LogP contribution < -0.4 is 0 Å². The van der Waals surface area contributed by atoms with E-state index in [9.17, 15) is 9.18 Å². The Morgan fingerprint density at radius 3 is 2.75 bits per heavy atom. The Morgan fingerprint density at radius 1 is 1.25 bits per heavy atom. The van der Waals surface area contributed by atoms with Crippen molar-refractivity contribution in [2.45, 2.75) is 6.54 Å². The summed E-state index contributed by atoms with van der Waals surface area (Å²) in [5, 5.41) is 9.03. The smallest absolute Gasteiger partial charge is 0.323 e. The lowest BCUT2D eigenvalue weighted by molar-refractivity contribution is -0.137. The highest BCUT2D eigenvalue weighted by atomic mass is 19.1. The highest BCUT2D eigenvalue weighted by Crippen LogP contribution is 2.23. The van der Waals surface area contributed by atoms with Crippen molar-refractivity contribution in [2.24, 2.45) is 0 Å². The Bertz CT molecular complexity index is 781. The molecule has 5 nitrogen and oxygen atoms in total. The third-order valence-electron chi connectivity index (χ3n) is 2.90. The number of benzene rings is 1. The maximum atomic E-state index is 12.9. The van der Waals surface area contributed by atoms with Gasteiger partial charge in [-0.25, -0.2) is 14.4 Å². The predicted octanol–water partition coefficient (Wildman–Crippen LogP) is 2.32. The number of aliphatic carboxylic acids is 1. The van der Waals surface area contributed by atoms with Gasteiger partial charge in [-0.2, -0.15) is 0 Å². The molecule has 0 saturated heterocycles. The Balaban J connectivity index is 2.23. The molecular weight excluding hydrogens is 261 g/mol. The van der Waals surface area contributed by atoms with Crippen molar-refractivity contribution in [3.63, 3.8) is 0 Å². The summed E-state index contributed by atoms with van der Waals surface area (Å²) in [5.74, 6) is -1.01. The van der Waals surface area contributed by atoms with Gasteiger partial charge in [0.15, 0.2) is 5.82 Å². The minimum absolute atomic E-state index is 0.227. The monoisotopic (exact) mass is 271 g/mol. The number of imidazole rings is 1. The average Bonchev–Trinajstić information content (AvgIpc) is 2.78. The largest absolute Gasteiger partial charge is 0.480 e. The van der Waals surface area contributed by atoms with Gasteiger partial charge in [0.1, 0.15) is 18.1 Å². The van der Waals surface area contributed by atoms with Gasteiger partial charge >= 0.3 is 5.97 Å². The molecule has 3 aromatic rings. The maximum Gasteiger partial charge on any atom is 0.323 e. The van der Waals surface area contributed by atoms with Crippen LogP contribution in [-0.4, -0.2) is 25.6 Å². The second kappa shape index (κ2) is 4.73. The molecule has 0 fully saturated rings. The van der Waals surface area contributed by atoms with Crippen LogP contribution in [0.25, 0.3) is 22.6 Å². The molecule has 3 rings (SSSR count).